The van der Waals surface area contributed by atoms with Crippen LogP contribution in [-0.4, -0.2) is 30.2 Å². The molecular formula is C16H18N6OS. The molecule has 0 bridgehead atoms. The van der Waals surface area contributed by atoms with Gasteiger partial charge in [0.05, 0.1) is 11.3 Å². The first kappa shape index (κ1) is 15.3. The summed E-state index contributed by atoms with van der Waals surface area (Å²) in [6.07, 6.45) is 6.17. The van der Waals surface area contributed by atoms with Crippen molar-refractivity contribution >= 4 is 22.7 Å². The van der Waals surface area contributed by atoms with E-state index in [9.17, 15) is 4.79 Å². The molecule has 24 heavy (non-hydrogen) atoms. The highest BCUT2D eigenvalue weighted by atomic mass is 32.2. The summed E-state index contributed by atoms with van der Waals surface area (Å²) in [5, 5.41) is 16.5. The lowest BCUT2D eigenvalue weighted by Crippen LogP contribution is -2.23. The fourth-order valence-electron chi connectivity index (χ4n) is 3.15. The predicted octanol–water partition coefficient (Wildman–Crippen LogP) is 2.39. The molecule has 8 heteroatoms. The van der Waals surface area contributed by atoms with Gasteiger partial charge >= 0.3 is 0 Å². The minimum absolute atomic E-state index is 0.144. The molecule has 0 radical (unpaired) electrons. The quantitative estimate of drug-likeness (QED) is 0.716. The normalized spacial score (nSPS) is 15.3. The molecule has 1 aliphatic carbocycles. The lowest BCUT2D eigenvalue weighted by molar-refractivity contribution is 0.531. The first-order chi connectivity index (χ1) is 11.8. The zero-order valence-electron chi connectivity index (χ0n) is 13.2. The summed E-state index contributed by atoms with van der Waals surface area (Å²) in [7, 11) is 0. The van der Waals surface area contributed by atoms with E-state index in [1.165, 1.54) is 42.1 Å². The van der Waals surface area contributed by atoms with Crippen LogP contribution < -0.4 is 5.56 Å². The standard InChI is InChI=1S/C16H18N6OS/c23-15-12-7-3-4-8-13(12)18-21-22(15)10-24-16-17-14(19-20-16)9-11-5-1-2-6-11/h3-4,7-8,11H,1-2,5-6,9-10H2,(H,17,19,20). The van der Waals surface area contributed by atoms with Gasteiger partial charge in [-0.05, 0) is 18.1 Å². The monoisotopic (exact) mass is 342 g/mol. The van der Waals surface area contributed by atoms with E-state index in [1.807, 2.05) is 12.1 Å². The fourth-order valence-corrected chi connectivity index (χ4v) is 3.84. The Hall–Kier alpha value is -2.22. The van der Waals surface area contributed by atoms with Crippen molar-refractivity contribution < 1.29 is 0 Å². The third-order valence-corrected chi connectivity index (χ3v) is 5.23. The maximum Gasteiger partial charge on any atom is 0.278 e. The highest BCUT2D eigenvalue weighted by Gasteiger charge is 2.17. The van der Waals surface area contributed by atoms with Crippen LogP contribution in [0.4, 0.5) is 0 Å². The summed E-state index contributed by atoms with van der Waals surface area (Å²) in [4.78, 5) is 16.9. The molecule has 2 aromatic heterocycles. The van der Waals surface area contributed by atoms with Gasteiger partial charge in [0.2, 0.25) is 5.16 Å². The Balaban J connectivity index is 1.44. The van der Waals surface area contributed by atoms with Crippen LogP contribution in [0.25, 0.3) is 10.9 Å². The molecule has 1 fully saturated rings. The molecule has 0 saturated heterocycles. The Bertz CT molecular complexity index is 899. The van der Waals surface area contributed by atoms with Crippen molar-refractivity contribution in [3.63, 3.8) is 0 Å². The Labute approximate surface area is 142 Å². The minimum atomic E-state index is -0.144. The van der Waals surface area contributed by atoms with E-state index in [0.717, 1.165) is 18.2 Å². The van der Waals surface area contributed by atoms with Crippen molar-refractivity contribution in [3.05, 3.63) is 40.4 Å². The van der Waals surface area contributed by atoms with Crippen molar-refractivity contribution in [2.24, 2.45) is 5.92 Å². The van der Waals surface area contributed by atoms with E-state index in [1.54, 1.807) is 12.1 Å². The molecule has 0 atom stereocenters. The van der Waals surface area contributed by atoms with Crippen LogP contribution in [-0.2, 0) is 12.3 Å². The van der Waals surface area contributed by atoms with E-state index in [4.69, 9.17) is 0 Å². The molecule has 124 valence electrons. The Morgan fingerprint density at radius 3 is 2.96 bits per heavy atom. The highest BCUT2D eigenvalue weighted by Crippen LogP contribution is 2.27. The van der Waals surface area contributed by atoms with Crippen molar-refractivity contribution in [1.82, 2.24) is 30.2 Å². The van der Waals surface area contributed by atoms with Crippen LogP contribution in [0.1, 0.15) is 31.5 Å². The number of nitrogens with zero attached hydrogens (tertiary/aromatic N) is 5. The zero-order valence-corrected chi connectivity index (χ0v) is 14.0. The molecule has 1 N–H and O–H groups in total. The number of rotatable bonds is 5. The van der Waals surface area contributed by atoms with Crippen LogP contribution in [0.3, 0.4) is 0 Å². The average molecular weight is 342 g/mol. The zero-order chi connectivity index (χ0) is 16.4. The van der Waals surface area contributed by atoms with E-state index < -0.39 is 0 Å². The molecule has 3 aromatic rings. The van der Waals surface area contributed by atoms with Gasteiger partial charge < -0.3 is 0 Å². The lowest BCUT2D eigenvalue weighted by atomic mass is 10.0. The summed E-state index contributed by atoms with van der Waals surface area (Å²) in [6, 6.07) is 7.22. The van der Waals surface area contributed by atoms with Gasteiger partial charge in [0.1, 0.15) is 11.3 Å². The van der Waals surface area contributed by atoms with Crippen molar-refractivity contribution in [3.8, 4) is 0 Å². The summed E-state index contributed by atoms with van der Waals surface area (Å²) in [5.41, 5.74) is 0.468. The lowest BCUT2D eigenvalue weighted by Gasteiger charge is -2.04. The Kier molecular flexibility index (Phi) is 4.29. The fraction of sp³-hybridized carbons (Fsp3) is 0.438. The van der Waals surface area contributed by atoms with Gasteiger partial charge in [-0.15, -0.1) is 10.2 Å². The third-order valence-electron chi connectivity index (χ3n) is 4.41. The van der Waals surface area contributed by atoms with Gasteiger partial charge in [-0.1, -0.05) is 54.8 Å². The second kappa shape index (κ2) is 6.72. The maximum atomic E-state index is 12.4. The average Bonchev–Trinajstić information content (AvgIpc) is 3.27. The van der Waals surface area contributed by atoms with Gasteiger partial charge in [0.25, 0.3) is 5.56 Å². The second-order valence-corrected chi connectivity index (χ2v) is 7.02. The Morgan fingerprint density at radius 2 is 2.08 bits per heavy atom. The van der Waals surface area contributed by atoms with E-state index in [0.29, 0.717) is 21.9 Å². The second-order valence-electron chi connectivity index (χ2n) is 6.10. The molecule has 4 rings (SSSR count). The van der Waals surface area contributed by atoms with Crippen molar-refractivity contribution in [2.75, 3.05) is 0 Å². The number of aromatic amines is 1. The number of aromatic nitrogens is 6. The first-order valence-corrected chi connectivity index (χ1v) is 9.15. The first-order valence-electron chi connectivity index (χ1n) is 8.16. The SMILES string of the molecule is O=c1c2ccccc2nnn1CSc1n[nH]c(CC2CCCC2)n1. The van der Waals surface area contributed by atoms with Crippen LogP contribution in [0.5, 0.6) is 0 Å². The summed E-state index contributed by atoms with van der Waals surface area (Å²) in [5.74, 6) is 2.00. The van der Waals surface area contributed by atoms with Crippen LogP contribution in [0.15, 0.2) is 34.2 Å². The largest absolute Gasteiger partial charge is 0.278 e. The van der Waals surface area contributed by atoms with Gasteiger partial charge in [-0.25, -0.2) is 4.98 Å². The molecular weight excluding hydrogens is 324 g/mol. The van der Waals surface area contributed by atoms with Gasteiger partial charge in [-0.3, -0.25) is 9.89 Å². The van der Waals surface area contributed by atoms with E-state index in [-0.39, 0.29) is 5.56 Å². The van der Waals surface area contributed by atoms with Gasteiger partial charge in [-0.2, -0.15) is 4.68 Å². The summed E-state index contributed by atoms with van der Waals surface area (Å²) in [6.45, 7) is 0. The number of thioether (sulfide) groups is 1. The number of H-pyrrole nitrogens is 1. The predicted molar refractivity (Wildman–Crippen MR) is 91.7 cm³/mol. The van der Waals surface area contributed by atoms with Gasteiger partial charge in [0, 0.05) is 6.42 Å². The Morgan fingerprint density at radius 1 is 1.25 bits per heavy atom. The van der Waals surface area contributed by atoms with Crippen molar-refractivity contribution in [2.45, 2.75) is 43.1 Å². The molecule has 0 aliphatic heterocycles. The number of nitrogens with one attached hydrogen (secondary N) is 1. The summed E-state index contributed by atoms with van der Waals surface area (Å²) < 4.78 is 1.35. The number of fused-ring (bicyclic) bond motifs is 1. The molecule has 0 amide bonds. The van der Waals surface area contributed by atoms with E-state index >= 15 is 0 Å². The molecule has 7 nitrogen and oxygen atoms in total. The van der Waals surface area contributed by atoms with Crippen molar-refractivity contribution in [1.29, 1.82) is 0 Å². The molecule has 0 spiro atoms. The molecule has 1 aliphatic rings. The smallest absolute Gasteiger partial charge is 0.267 e. The topological polar surface area (TPSA) is 89.4 Å². The maximum absolute atomic E-state index is 12.4. The highest BCUT2D eigenvalue weighted by molar-refractivity contribution is 7.98. The minimum Gasteiger partial charge on any atom is -0.267 e. The van der Waals surface area contributed by atoms with Gasteiger partial charge in [0.15, 0.2) is 0 Å². The number of hydrogen-bond donors (Lipinski definition) is 1. The van der Waals surface area contributed by atoms with Crippen LogP contribution in [0, 0.1) is 5.92 Å². The molecule has 2 heterocycles. The van der Waals surface area contributed by atoms with Crippen LogP contribution in [0.2, 0.25) is 0 Å². The third kappa shape index (κ3) is 3.19. The molecule has 1 aromatic carbocycles. The molecule has 0 unspecified atom stereocenters. The number of benzene rings is 1. The van der Waals surface area contributed by atoms with E-state index in [2.05, 4.69) is 25.5 Å². The summed E-state index contributed by atoms with van der Waals surface area (Å²) >= 11 is 1.38. The number of hydrogen-bond acceptors (Lipinski definition) is 6. The van der Waals surface area contributed by atoms with Crippen LogP contribution >= 0.6 is 11.8 Å². The molecule has 1 saturated carbocycles.